The van der Waals surface area contributed by atoms with Crippen molar-refractivity contribution in [1.29, 1.82) is 0 Å². The molecule has 0 radical (unpaired) electrons. The molecule has 6 nitrogen and oxygen atoms in total. The fourth-order valence-corrected chi connectivity index (χ4v) is 3.93. The zero-order chi connectivity index (χ0) is 21.0. The first-order valence-corrected chi connectivity index (χ1v) is 13.7. The van der Waals surface area contributed by atoms with Gasteiger partial charge in [0.05, 0.1) is 17.2 Å². The van der Waals surface area contributed by atoms with E-state index in [1.165, 1.54) is 6.20 Å². The van der Waals surface area contributed by atoms with E-state index in [-0.39, 0.29) is 0 Å². The summed E-state index contributed by atoms with van der Waals surface area (Å²) in [5, 5.41) is 1.40. The number of halogens is 1. The second kappa shape index (κ2) is 9.07. The van der Waals surface area contributed by atoms with Gasteiger partial charge in [0.1, 0.15) is 12.4 Å². The van der Waals surface area contributed by atoms with E-state index in [9.17, 15) is 4.79 Å². The number of esters is 1. The smallest absolute Gasteiger partial charge is 0.339 e. The van der Waals surface area contributed by atoms with Crippen molar-refractivity contribution in [3.05, 3.63) is 47.5 Å². The molecule has 0 amide bonds. The van der Waals surface area contributed by atoms with E-state index in [2.05, 4.69) is 29.6 Å². The van der Waals surface area contributed by atoms with Gasteiger partial charge >= 0.3 is 5.97 Å². The molecule has 154 valence electrons. The van der Waals surface area contributed by atoms with Crippen molar-refractivity contribution in [2.75, 3.05) is 13.2 Å². The number of carbonyl (C=O) groups excluding carboxylic acids is 1. The molecule has 3 aromatic rings. The summed E-state index contributed by atoms with van der Waals surface area (Å²) in [5.74, 6) is -0.409. The summed E-state index contributed by atoms with van der Waals surface area (Å²) in [4.78, 5) is 20.7. The average molecular weight is 432 g/mol. The van der Waals surface area contributed by atoms with Gasteiger partial charge in [-0.15, -0.1) is 0 Å². The number of fused-ring (bicyclic) bond motifs is 1. The zero-order valence-corrected chi connectivity index (χ0v) is 19.0. The van der Waals surface area contributed by atoms with Crippen LogP contribution in [0.3, 0.4) is 0 Å². The lowest BCUT2D eigenvalue weighted by molar-refractivity contribution is 0.0526. The summed E-state index contributed by atoms with van der Waals surface area (Å²) in [6.07, 6.45) is 6.77. The van der Waals surface area contributed by atoms with E-state index in [0.29, 0.717) is 29.5 Å². The molecule has 3 rings (SSSR count). The van der Waals surface area contributed by atoms with Crippen molar-refractivity contribution in [1.82, 2.24) is 14.5 Å². The van der Waals surface area contributed by atoms with Gasteiger partial charge in [0, 0.05) is 56.0 Å². The Morgan fingerprint density at radius 1 is 1.24 bits per heavy atom. The number of nitrogens with zero attached hydrogens (tertiary/aromatic N) is 3. The van der Waals surface area contributed by atoms with Crippen molar-refractivity contribution >= 4 is 36.7 Å². The lowest BCUT2D eigenvalue weighted by Crippen LogP contribution is -2.22. The lowest BCUT2D eigenvalue weighted by Gasteiger charge is -2.15. The maximum Gasteiger partial charge on any atom is 0.339 e. The van der Waals surface area contributed by atoms with Gasteiger partial charge in [0.2, 0.25) is 0 Å². The largest absolute Gasteiger partial charge is 0.462 e. The van der Waals surface area contributed by atoms with E-state index in [1.807, 2.05) is 16.8 Å². The molecule has 0 unspecified atom stereocenters. The molecule has 3 aromatic heterocycles. The van der Waals surface area contributed by atoms with Crippen LogP contribution < -0.4 is 0 Å². The quantitative estimate of drug-likeness (QED) is 0.277. The van der Waals surface area contributed by atoms with Gasteiger partial charge in [-0.2, -0.15) is 0 Å². The van der Waals surface area contributed by atoms with Crippen LogP contribution in [0.1, 0.15) is 17.3 Å². The van der Waals surface area contributed by atoms with E-state index in [1.54, 1.807) is 25.4 Å². The highest BCUT2D eigenvalue weighted by Crippen LogP contribution is 2.33. The Hall–Kier alpha value is -2.22. The first kappa shape index (κ1) is 21.5. The van der Waals surface area contributed by atoms with E-state index in [4.69, 9.17) is 21.1 Å². The fourth-order valence-electron chi connectivity index (χ4n) is 2.87. The summed E-state index contributed by atoms with van der Waals surface area (Å²) in [6, 6.07) is 4.77. The van der Waals surface area contributed by atoms with Crippen LogP contribution >= 0.6 is 11.6 Å². The molecule has 0 N–H and O–H groups in total. The molecule has 29 heavy (non-hydrogen) atoms. The normalized spacial score (nSPS) is 11.8. The van der Waals surface area contributed by atoms with Gasteiger partial charge in [-0.25, -0.2) is 9.78 Å². The average Bonchev–Trinajstić information content (AvgIpc) is 3.09. The molecule has 0 saturated carbocycles. The Balaban J connectivity index is 1.83. The molecular formula is C21H26ClN3O3Si. The van der Waals surface area contributed by atoms with Crippen LogP contribution in [0, 0.1) is 0 Å². The predicted octanol–water partition coefficient (Wildman–Crippen LogP) is 5.24. The molecule has 0 aliphatic heterocycles. The van der Waals surface area contributed by atoms with Crippen LogP contribution in [0.2, 0.25) is 30.7 Å². The van der Waals surface area contributed by atoms with E-state index >= 15 is 0 Å². The van der Waals surface area contributed by atoms with Crippen molar-refractivity contribution in [3.63, 3.8) is 0 Å². The topological polar surface area (TPSA) is 66.2 Å². The second-order valence-corrected chi connectivity index (χ2v) is 14.0. The van der Waals surface area contributed by atoms with Crippen molar-refractivity contribution in [2.24, 2.45) is 0 Å². The van der Waals surface area contributed by atoms with E-state index < -0.39 is 14.0 Å². The summed E-state index contributed by atoms with van der Waals surface area (Å²) >= 11 is 6.67. The fraction of sp³-hybridized carbons (Fsp3) is 0.381. The Bertz CT molecular complexity index is 1010. The highest BCUT2D eigenvalue weighted by molar-refractivity contribution is 6.76. The minimum Gasteiger partial charge on any atom is -0.462 e. The Morgan fingerprint density at radius 2 is 2.03 bits per heavy atom. The summed E-state index contributed by atoms with van der Waals surface area (Å²) in [5.41, 5.74) is 2.58. The molecule has 0 atom stereocenters. The van der Waals surface area contributed by atoms with Crippen molar-refractivity contribution < 1.29 is 14.3 Å². The first-order chi connectivity index (χ1) is 13.8. The molecular weight excluding hydrogens is 406 g/mol. The summed E-state index contributed by atoms with van der Waals surface area (Å²) < 4.78 is 12.8. The third-order valence-electron chi connectivity index (χ3n) is 4.51. The standard InChI is InChI=1S/C21H26ClN3O3Si/c1-5-28-21(26)16-10-15(11-23-12-16)18-13-24-20-17(19(18)22)6-7-25(20)14-27-8-9-29(2,3)4/h6-7,10-13H,5,8-9,14H2,1-4H3. The maximum absolute atomic E-state index is 12.0. The molecule has 0 spiro atoms. The van der Waals surface area contributed by atoms with Gasteiger partial charge < -0.3 is 14.0 Å². The van der Waals surface area contributed by atoms with Gasteiger partial charge in [-0.3, -0.25) is 4.98 Å². The number of hydrogen-bond acceptors (Lipinski definition) is 5. The highest BCUT2D eigenvalue weighted by Gasteiger charge is 2.15. The molecule has 0 bridgehead atoms. The van der Waals surface area contributed by atoms with E-state index in [0.717, 1.165) is 29.2 Å². The monoisotopic (exact) mass is 431 g/mol. The first-order valence-electron chi connectivity index (χ1n) is 9.64. The Labute approximate surface area is 176 Å². The molecule has 0 aliphatic rings. The summed E-state index contributed by atoms with van der Waals surface area (Å²) in [7, 11) is -1.11. The van der Waals surface area contributed by atoms with Crippen LogP contribution in [-0.4, -0.2) is 41.8 Å². The van der Waals surface area contributed by atoms with Gasteiger partial charge in [-0.05, 0) is 25.1 Å². The minimum atomic E-state index is -1.11. The van der Waals surface area contributed by atoms with Crippen LogP contribution in [0.15, 0.2) is 36.9 Å². The Kier molecular flexibility index (Phi) is 6.72. The lowest BCUT2D eigenvalue weighted by atomic mass is 10.1. The zero-order valence-electron chi connectivity index (χ0n) is 17.2. The molecule has 0 aliphatic carbocycles. The second-order valence-electron chi connectivity index (χ2n) is 8.04. The van der Waals surface area contributed by atoms with Gasteiger partial charge in [0.15, 0.2) is 0 Å². The molecule has 0 fully saturated rings. The number of pyridine rings is 2. The van der Waals surface area contributed by atoms with Crippen LogP contribution in [0.5, 0.6) is 0 Å². The molecule has 0 aromatic carbocycles. The van der Waals surface area contributed by atoms with Gasteiger partial charge in [0.25, 0.3) is 0 Å². The van der Waals surface area contributed by atoms with Crippen molar-refractivity contribution in [3.8, 4) is 11.1 Å². The van der Waals surface area contributed by atoms with Gasteiger partial charge in [-0.1, -0.05) is 31.2 Å². The predicted molar refractivity (Wildman–Crippen MR) is 118 cm³/mol. The minimum absolute atomic E-state index is 0.310. The summed E-state index contributed by atoms with van der Waals surface area (Å²) in [6.45, 7) is 10.3. The van der Waals surface area contributed by atoms with Crippen LogP contribution in [-0.2, 0) is 16.2 Å². The molecule has 8 heteroatoms. The number of carbonyl (C=O) groups is 1. The number of rotatable bonds is 8. The third kappa shape index (κ3) is 5.23. The van der Waals surface area contributed by atoms with Crippen molar-refractivity contribution in [2.45, 2.75) is 39.3 Å². The molecule has 0 saturated heterocycles. The number of aromatic nitrogens is 3. The Morgan fingerprint density at radius 3 is 2.76 bits per heavy atom. The SMILES string of the molecule is CCOC(=O)c1cncc(-c2cnc3c(ccn3COCC[Si](C)(C)C)c2Cl)c1. The highest BCUT2D eigenvalue weighted by atomic mass is 35.5. The third-order valence-corrected chi connectivity index (χ3v) is 6.62. The maximum atomic E-state index is 12.0. The van der Waals surface area contributed by atoms with Crippen LogP contribution in [0.4, 0.5) is 0 Å². The molecule has 3 heterocycles. The number of ether oxygens (including phenoxy) is 2. The number of hydrogen-bond donors (Lipinski definition) is 0. The van der Waals surface area contributed by atoms with Crippen LogP contribution in [0.25, 0.3) is 22.2 Å².